The number of allylic oxidation sites excluding steroid dienone is 1. The number of alkyl halides is 3. The maximum Gasteiger partial charge on any atom is 0.433 e. The Morgan fingerprint density at radius 2 is 2.04 bits per heavy atom. The predicted octanol–water partition coefficient (Wildman–Crippen LogP) is 2.66. The minimum atomic E-state index is -4.74. The van der Waals surface area contributed by atoms with E-state index in [1.54, 1.807) is 6.07 Å². The van der Waals surface area contributed by atoms with E-state index in [1.165, 1.54) is 26.4 Å². The van der Waals surface area contributed by atoms with Crippen molar-refractivity contribution in [2.75, 3.05) is 14.2 Å². The molecular formula is C16H13F3N4O3. The third-order valence-corrected chi connectivity index (χ3v) is 3.97. The SMILES string of the molecule is COc1ccc(OC)c(C2C(C#N)=C(N)Oc3n[nH]c(C(F)(F)F)c32)c1. The van der Waals surface area contributed by atoms with Crippen molar-refractivity contribution >= 4 is 0 Å². The molecule has 0 saturated heterocycles. The monoisotopic (exact) mass is 366 g/mol. The van der Waals surface area contributed by atoms with E-state index in [9.17, 15) is 18.4 Å². The molecule has 1 aliphatic rings. The van der Waals surface area contributed by atoms with Crippen molar-refractivity contribution in [2.45, 2.75) is 12.1 Å². The van der Waals surface area contributed by atoms with Crippen molar-refractivity contribution in [1.82, 2.24) is 10.2 Å². The lowest BCUT2D eigenvalue weighted by atomic mass is 9.83. The number of nitrogens with zero attached hydrogens (tertiary/aromatic N) is 2. The number of nitrogens with one attached hydrogen (secondary N) is 1. The van der Waals surface area contributed by atoms with Crippen LogP contribution in [0.3, 0.4) is 0 Å². The van der Waals surface area contributed by atoms with Gasteiger partial charge in [-0.05, 0) is 18.2 Å². The Morgan fingerprint density at radius 3 is 2.62 bits per heavy atom. The zero-order valence-corrected chi connectivity index (χ0v) is 13.6. The largest absolute Gasteiger partial charge is 0.497 e. The summed E-state index contributed by atoms with van der Waals surface area (Å²) < 4.78 is 55.8. The highest BCUT2D eigenvalue weighted by Gasteiger charge is 2.45. The van der Waals surface area contributed by atoms with Gasteiger partial charge < -0.3 is 19.9 Å². The van der Waals surface area contributed by atoms with Crippen LogP contribution in [0.4, 0.5) is 13.2 Å². The first kappa shape index (κ1) is 17.5. The van der Waals surface area contributed by atoms with E-state index in [0.29, 0.717) is 5.75 Å². The fourth-order valence-electron chi connectivity index (χ4n) is 2.84. The van der Waals surface area contributed by atoms with Gasteiger partial charge in [0.25, 0.3) is 0 Å². The standard InChI is InChI=1S/C16H13F3N4O3/c1-24-7-3-4-10(25-2)8(5-7)11-9(6-20)14(21)26-15-12(11)13(22-23-15)16(17,18)19/h3-5,11H,21H2,1-2H3,(H,22,23). The number of ether oxygens (including phenoxy) is 3. The average molecular weight is 366 g/mol. The molecule has 0 aliphatic carbocycles. The number of hydrogen-bond acceptors (Lipinski definition) is 6. The van der Waals surface area contributed by atoms with E-state index in [-0.39, 0.29) is 34.2 Å². The molecule has 10 heteroatoms. The lowest BCUT2D eigenvalue weighted by Gasteiger charge is -2.26. The molecular weight excluding hydrogens is 353 g/mol. The van der Waals surface area contributed by atoms with Crippen molar-refractivity contribution in [1.29, 1.82) is 5.26 Å². The predicted molar refractivity (Wildman–Crippen MR) is 82.4 cm³/mol. The third-order valence-electron chi connectivity index (χ3n) is 3.97. The second-order valence-corrected chi connectivity index (χ2v) is 5.35. The van der Waals surface area contributed by atoms with Crippen LogP contribution in [0.25, 0.3) is 0 Å². The number of nitriles is 1. The molecule has 136 valence electrons. The molecule has 2 heterocycles. The molecule has 0 bridgehead atoms. The summed E-state index contributed by atoms with van der Waals surface area (Å²) in [6, 6.07) is 6.42. The van der Waals surface area contributed by atoms with Crippen LogP contribution in [0.1, 0.15) is 22.7 Å². The van der Waals surface area contributed by atoms with Gasteiger partial charge in [-0.3, -0.25) is 5.10 Å². The summed E-state index contributed by atoms with van der Waals surface area (Å²) in [7, 11) is 2.78. The fourth-order valence-corrected chi connectivity index (χ4v) is 2.84. The van der Waals surface area contributed by atoms with Crippen LogP contribution in [-0.2, 0) is 6.18 Å². The number of rotatable bonds is 3. The minimum Gasteiger partial charge on any atom is -0.497 e. The van der Waals surface area contributed by atoms with Crippen LogP contribution in [0.15, 0.2) is 29.7 Å². The lowest BCUT2D eigenvalue weighted by Crippen LogP contribution is -2.23. The highest BCUT2D eigenvalue weighted by molar-refractivity contribution is 5.59. The molecule has 1 unspecified atom stereocenters. The van der Waals surface area contributed by atoms with Crippen molar-refractivity contribution < 1.29 is 27.4 Å². The van der Waals surface area contributed by atoms with Crippen LogP contribution >= 0.6 is 0 Å². The van der Waals surface area contributed by atoms with E-state index in [1.807, 2.05) is 11.2 Å². The van der Waals surface area contributed by atoms with Gasteiger partial charge in [0.05, 0.1) is 25.7 Å². The van der Waals surface area contributed by atoms with E-state index in [4.69, 9.17) is 19.9 Å². The van der Waals surface area contributed by atoms with E-state index in [0.717, 1.165) is 0 Å². The van der Waals surface area contributed by atoms with Gasteiger partial charge in [0.15, 0.2) is 0 Å². The maximum absolute atomic E-state index is 13.4. The maximum atomic E-state index is 13.4. The summed E-state index contributed by atoms with van der Waals surface area (Å²) in [5.41, 5.74) is 4.36. The fraction of sp³-hybridized carbons (Fsp3) is 0.250. The number of H-pyrrole nitrogens is 1. The molecule has 2 aromatic rings. The van der Waals surface area contributed by atoms with Gasteiger partial charge >= 0.3 is 6.18 Å². The summed E-state index contributed by atoms with van der Waals surface area (Å²) in [5.74, 6) is -1.22. The van der Waals surface area contributed by atoms with Gasteiger partial charge in [-0.25, -0.2) is 0 Å². The number of halogens is 3. The van der Waals surface area contributed by atoms with Crippen molar-refractivity contribution in [3.05, 3.63) is 46.5 Å². The Labute approximate surface area is 145 Å². The van der Waals surface area contributed by atoms with E-state index >= 15 is 0 Å². The summed E-state index contributed by atoms with van der Waals surface area (Å²) in [4.78, 5) is 0. The normalized spacial score (nSPS) is 16.5. The Bertz CT molecular complexity index is 928. The molecule has 1 aliphatic heterocycles. The first-order valence-electron chi connectivity index (χ1n) is 7.26. The molecule has 3 N–H and O–H groups in total. The van der Waals surface area contributed by atoms with Gasteiger partial charge in [-0.1, -0.05) is 0 Å². The number of hydrogen-bond donors (Lipinski definition) is 2. The van der Waals surface area contributed by atoms with E-state index in [2.05, 4.69) is 5.10 Å². The van der Waals surface area contributed by atoms with Gasteiger partial charge in [-0.2, -0.15) is 18.4 Å². The molecule has 1 aromatic heterocycles. The summed E-state index contributed by atoms with van der Waals surface area (Å²) in [6.45, 7) is 0. The quantitative estimate of drug-likeness (QED) is 0.865. The number of benzene rings is 1. The molecule has 0 amide bonds. The Balaban J connectivity index is 2.33. The summed E-state index contributed by atoms with van der Waals surface area (Å²) in [6.07, 6.45) is -4.74. The van der Waals surface area contributed by atoms with Gasteiger partial charge in [0.2, 0.25) is 11.8 Å². The van der Waals surface area contributed by atoms with Crippen molar-refractivity contribution in [2.24, 2.45) is 5.73 Å². The van der Waals surface area contributed by atoms with Gasteiger partial charge in [-0.15, -0.1) is 5.10 Å². The topological polar surface area (TPSA) is 106 Å². The minimum absolute atomic E-state index is 0.184. The Morgan fingerprint density at radius 1 is 1.31 bits per heavy atom. The van der Waals surface area contributed by atoms with Crippen LogP contribution in [0.2, 0.25) is 0 Å². The Hall–Kier alpha value is -3.35. The first-order chi connectivity index (χ1) is 12.3. The highest BCUT2D eigenvalue weighted by Crippen LogP contribution is 2.49. The van der Waals surface area contributed by atoms with Crippen LogP contribution in [0, 0.1) is 11.3 Å². The molecule has 26 heavy (non-hydrogen) atoms. The van der Waals surface area contributed by atoms with Crippen LogP contribution < -0.4 is 19.9 Å². The number of methoxy groups -OCH3 is 2. The second-order valence-electron chi connectivity index (χ2n) is 5.35. The molecule has 1 aromatic carbocycles. The van der Waals surface area contributed by atoms with E-state index < -0.39 is 17.8 Å². The average Bonchev–Trinajstić information content (AvgIpc) is 3.03. The second kappa shape index (κ2) is 6.18. The van der Waals surface area contributed by atoms with Gasteiger partial charge in [0.1, 0.15) is 28.8 Å². The number of aromatic nitrogens is 2. The zero-order valence-electron chi connectivity index (χ0n) is 13.6. The molecule has 7 nitrogen and oxygen atoms in total. The highest BCUT2D eigenvalue weighted by atomic mass is 19.4. The number of aromatic amines is 1. The molecule has 3 rings (SSSR count). The third kappa shape index (κ3) is 2.67. The van der Waals surface area contributed by atoms with Crippen molar-refractivity contribution in [3.63, 3.8) is 0 Å². The zero-order chi connectivity index (χ0) is 19.1. The molecule has 0 fully saturated rings. The van der Waals surface area contributed by atoms with Crippen LogP contribution in [-0.4, -0.2) is 24.4 Å². The molecule has 0 spiro atoms. The summed E-state index contributed by atoms with van der Waals surface area (Å²) >= 11 is 0. The Kier molecular flexibility index (Phi) is 4.15. The summed E-state index contributed by atoms with van der Waals surface area (Å²) in [5, 5.41) is 15.0. The molecule has 0 saturated carbocycles. The number of nitrogens with two attached hydrogens (primary N) is 1. The van der Waals surface area contributed by atoms with Crippen molar-refractivity contribution in [3.8, 4) is 23.4 Å². The smallest absolute Gasteiger partial charge is 0.433 e. The van der Waals surface area contributed by atoms with Gasteiger partial charge in [0, 0.05) is 5.56 Å². The van der Waals surface area contributed by atoms with Crippen LogP contribution in [0.5, 0.6) is 17.4 Å². The molecule has 0 radical (unpaired) electrons. The number of fused-ring (bicyclic) bond motifs is 1. The molecule has 1 atom stereocenters. The first-order valence-corrected chi connectivity index (χ1v) is 7.26. The lowest BCUT2D eigenvalue weighted by molar-refractivity contribution is -0.141.